The number of hydrogen-bond acceptors (Lipinski definition) is 2. The van der Waals surface area contributed by atoms with Gasteiger partial charge in [0, 0.05) is 11.9 Å². The molecule has 88 valence electrons. The number of halogens is 1. The third-order valence-corrected chi connectivity index (χ3v) is 2.62. The Bertz CT molecular complexity index is 523. The molecule has 0 saturated carbocycles. The number of anilines is 1. The van der Waals surface area contributed by atoms with Crippen LogP contribution >= 0.6 is 11.6 Å². The van der Waals surface area contributed by atoms with Crippen molar-refractivity contribution >= 4 is 23.2 Å². The molecule has 1 heterocycles. The molecule has 1 aromatic carbocycles. The molecule has 0 spiro atoms. The van der Waals surface area contributed by atoms with Crippen LogP contribution < -0.4 is 5.32 Å². The van der Waals surface area contributed by atoms with Crippen molar-refractivity contribution < 1.29 is 4.79 Å². The largest absolute Gasteiger partial charge is 0.324 e. The predicted molar refractivity (Wildman–Crippen MR) is 67.1 cm³/mol. The number of aryl methyl sites for hydroxylation is 1. The minimum atomic E-state index is -0.125. The van der Waals surface area contributed by atoms with Crippen LogP contribution in [0.25, 0.3) is 0 Å². The topological polar surface area (TPSA) is 57.8 Å². The zero-order chi connectivity index (χ0) is 12.3. The van der Waals surface area contributed by atoms with Crippen LogP contribution in [0.1, 0.15) is 11.3 Å². The lowest BCUT2D eigenvalue weighted by Crippen LogP contribution is -2.14. The monoisotopic (exact) mass is 249 g/mol. The van der Waals surface area contributed by atoms with Crippen LogP contribution in [-0.4, -0.2) is 16.1 Å². The summed E-state index contributed by atoms with van der Waals surface area (Å²) in [6.07, 6.45) is 1.87. The minimum absolute atomic E-state index is 0.125. The third-order valence-electron chi connectivity index (χ3n) is 2.31. The maximum absolute atomic E-state index is 11.7. The molecule has 2 aromatic rings. The second kappa shape index (κ2) is 5.01. The Morgan fingerprint density at radius 1 is 1.47 bits per heavy atom. The number of H-pyrrole nitrogens is 1. The fourth-order valence-electron chi connectivity index (χ4n) is 1.47. The number of aromatic amines is 1. The Hall–Kier alpha value is -1.81. The minimum Gasteiger partial charge on any atom is -0.324 e. The summed E-state index contributed by atoms with van der Waals surface area (Å²) in [4.78, 5) is 11.7. The van der Waals surface area contributed by atoms with Crippen molar-refractivity contribution in [2.24, 2.45) is 0 Å². The number of amides is 1. The van der Waals surface area contributed by atoms with Gasteiger partial charge < -0.3 is 5.32 Å². The first-order chi connectivity index (χ1) is 8.15. The van der Waals surface area contributed by atoms with E-state index in [0.717, 1.165) is 11.3 Å². The van der Waals surface area contributed by atoms with E-state index in [2.05, 4.69) is 15.5 Å². The van der Waals surface area contributed by atoms with Crippen LogP contribution in [0.5, 0.6) is 0 Å². The summed E-state index contributed by atoms with van der Waals surface area (Å²) >= 11 is 6.02. The SMILES string of the molecule is Cc1ccc(NC(=O)Cc2ccn[nH]2)c(Cl)c1. The van der Waals surface area contributed by atoms with E-state index in [-0.39, 0.29) is 12.3 Å². The summed E-state index contributed by atoms with van der Waals surface area (Å²) in [6.45, 7) is 1.95. The van der Waals surface area contributed by atoms with Gasteiger partial charge in [-0.2, -0.15) is 5.10 Å². The first kappa shape index (κ1) is 11.7. The van der Waals surface area contributed by atoms with E-state index in [1.807, 2.05) is 19.1 Å². The van der Waals surface area contributed by atoms with E-state index in [1.165, 1.54) is 0 Å². The number of benzene rings is 1. The molecule has 0 saturated heterocycles. The summed E-state index contributed by atoms with van der Waals surface area (Å²) in [7, 11) is 0. The van der Waals surface area contributed by atoms with E-state index in [1.54, 1.807) is 18.3 Å². The van der Waals surface area contributed by atoms with Crippen molar-refractivity contribution in [3.63, 3.8) is 0 Å². The smallest absolute Gasteiger partial charge is 0.230 e. The highest BCUT2D eigenvalue weighted by Gasteiger charge is 2.07. The molecule has 5 heteroatoms. The van der Waals surface area contributed by atoms with Crippen molar-refractivity contribution in [2.75, 3.05) is 5.32 Å². The predicted octanol–water partition coefficient (Wildman–Crippen LogP) is 2.55. The highest BCUT2D eigenvalue weighted by molar-refractivity contribution is 6.33. The zero-order valence-corrected chi connectivity index (χ0v) is 10.1. The second-order valence-corrected chi connectivity index (χ2v) is 4.20. The lowest BCUT2D eigenvalue weighted by Gasteiger charge is -2.07. The lowest BCUT2D eigenvalue weighted by molar-refractivity contribution is -0.115. The van der Waals surface area contributed by atoms with Gasteiger partial charge in [0.1, 0.15) is 0 Å². The van der Waals surface area contributed by atoms with Gasteiger partial charge in [-0.25, -0.2) is 0 Å². The fraction of sp³-hybridized carbons (Fsp3) is 0.167. The summed E-state index contributed by atoms with van der Waals surface area (Å²) in [6, 6.07) is 7.27. The molecule has 4 nitrogen and oxygen atoms in total. The summed E-state index contributed by atoms with van der Waals surface area (Å²) in [5.74, 6) is -0.125. The third kappa shape index (κ3) is 3.07. The van der Waals surface area contributed by atoms with E-state index in [0.29, 0.717) is 10.7 Å². The molecule has 2 rings (SSSR count). The van der Waals surface area contributed by atoms with E-state index in [9.17, 15) is 4.79 Å². The van der Waals surface area contributed by atoms with Gasteiger partial charge in [-0.3, -0.25) is 9.89 Å². The molecule has 0 fully saturated rings. The first-order valence-electron chi connectivity index (χ1n) is 5.19. The van der Waals surface area contributed by atoms with Gasteiger partial charge in [-0.15, -0.1) is 0 Å². The summed E-state index contributed by atoms with van der Waals surface area (Å²) in [5, 5.41) is 9.82. The van der Waals surface area contributed by atoms with E-state index in [4.69, 9.17) is 11.6 Å². The van der Waals surface area contributed by atoms with Crippen molar-refractivity contribution in [3.8, 4) is 0 Å². The Morgan fingerprint density at radius 3 is 2.94 bits per heavy atom. The average Bonchev–Trinajstić information content (AvgIpc) is 2.75. The summed E-state index contributed by atoms with van der Waals surface area (Å²) in [5.41, 5.74) is 2.45. The molecule has 17 heavy (non-hydrogen) atoms. The van der Waals surface area contributed by atoms with Crippen LogP contribution in [0.3, 0.4) is 0 Å². The molecule has 0 atom stereocenters. The fourth-order valence-corrected chi connectivity index (χ4v) is 1.75. The molecule has 0 bridgehead atoms. The van der Waals surface area contributed by atoms with Crippen LogP contribution in [0, 0.1) is 6.92 Å². The zero-order valence-electron chi connectivity index (χ0n) is 9.33. The normalized spacial score (nSPS) is 10.2. The molecular formula is C12H12ClN3O. The molecule has 2 N–H and O–H groups in total. The van der Waals surface area contributed by atoms with Crippen molar-refractivity contribution in [1.29, 1.82) is 0 Å². The van der Waals surface area contributed by atoms with E-state index >= 15 is 0 Å². The number of aromatic nitrogens is 2. The van der Waals surface area contributed by atoms with Gasteiger partial charge in [0.05, 0.1) is 17.1 Å². The van der Waals surface area contributed by atoms with Gasteiger partial charge in [-0.1, -0.05) is 17.7 Å². The molecular weight excluding hydrogens is 238 g/mol. The molecule has 1 aromatic heterocycles. The number of carbonyl (C=O) groups excluding carboxylic acids is 1. The molecule has 0 radical (unpaired) electrons. The van der Waals surface area contributed by atoms with Crippen LogP contribution in [-0.2, 0) is 11.2 Å². The van der Waals surface area contributed by atoms with E-state index < -0.39 is 0 Å². The maximum atomic E-state index is 11.7. The van der Waals surface area contributed by atoms with Gasteiger partial charge in [0.15, 0.2) is 0 Å². The van der Waals surface area contributed by atoms with Crippen LogP contribution in [0.2, 0.25) is 5.02 Å². The highest BCUT2D eigenvalue weighted by Crippen LogP contribution is 2.22. The Balaban J connectivity index is 2.03. The molecule has 1 amide bonds. The van der Waals surface area contributed by atoms with Gasteiger partial charge in [0.25, 0.3) is 0 Å². The average molecular weight is 250 g/mol. The molecule has 0 aliphatic carbocycles. The Kier molecular flexibility index (Phi) is 3.44. The Labute approximate surface area is 104 Å². The van der Waals surface area contributed by atoms with Crippen molar-refractivity contribution in [1.82, 2.24) is 10.2 Å². The Morgan fingerprint density at radius 2 is 2.29 bits per heavy atom. The van der Waals surface area contributed by atoms with Crippen molar-refractivity contribution in [2.45, 2.75) is 13.3 Å². The maximum Gasteiger partial charge on any atom is 0.230 e. The number of rotatable bonds is 3. The summed E-state index contributed by atoms with van der Waals surface area (Å²) < 4.78 is 0. The molecule has 0 aliphatic heterocycles. The number of nitrogens with zero attached hydrogens (tertiary/aromatic N) is 1. The van der Waals surface area contributed by atoms with Crippen molar-refractivity contribution in [3.05, 3.63) is 46.7 Å². The molecule has 0 unspecified atom stereocenters. The second-order valence-electron chi connectivity index (χ2n) is 3.79. The van der Waals surface area contributed by atoms with Gasteiger partial charge in [-0.05, 0) is 30.7 Å². The van der Waals surface area contributed by atoms with Gasteiger partial charge >= 0.3 is 0 Å². The van der Waals surface area contributed by atoms with Gasteiger partial charge in [0.2, 0.25) is 5.91 Å². The number of nitrogens with one attached hydrogen (secondary N) is 2. The number of carbonyl (C=O) groups is 1. The van der Waals surface area contributed by atoms with Crippen LogP contribution in [0.15, 0.2) is 30.5 Å². The lowest BCUT2D eigenvalue weighted by atomic mass is 10.2. The highest BCUT2D eigenvalue weighted by atomic mass is 35.5. The quantitative estimate of drug-likeness (QED) is 0.878. The first-order valence-corrected chi connectivity index (χ1v) is 5.57. The standard InChI is InChI=1S/C12H12ClN3O/c1-8-2-3-11(10(13)6-8)15-12(17)7-9-4-5-14-16-9/h2-6H,7H2,1H3,(H,14,16)(H,15,17). The molecule has 0 aliphatic rings. The van der Waals surface area contributed by atoms with Crippen LogP contribution in [0.4, 0.5) is 5.69 Å². The number of hydrogen-bond donors (Lipinski definition) is 2.